The summed E-state index contributed by atoms with van der Waals surface area (Å²) in [6.45, 7) is 0.596. The van der Waals surface area contributed by atoms with Gasteiger partial charge in [-0.15, -0.1) is 16.4 Å². The highest BCUT2D eigenvalue weighted by molar-refractivity contribution is 7.15. The number of thiazole rings is 1. The van der Waals surface area contributed by atoms with Gasteiger partial charge in [-0.2, -0.15) is 0 Å². The van der Waals surface area contributed by atoms with Crippen LogP contribution in [-0.4, -0.2) is 21.1 Å². The summed E-state index contributed by atoms with van der Waals surface area (Å²) in [5.41, 5.74) is 7.65. The number of fused-ring (bicyclic) bond motifs is 1. The van der Waals surface area contributed by atoms with Crippen molar-refractivity contribution in [1.82, 2.24) is 14.6 Å². The Kier molecular flexibility index (Phi) is 3.27. The van der Waals surface area contributed by atoms with Crippen LogP contribution in [0.1, 0.15) is 17.1 Å². The molecule has 98 valence electrons. The number of hydrogen-bond donors (Lipinski definition) is 1. The molecule has 19 heavy (non-hydrogen) atoms. The number of nitrogens with two attached hydrogens (primary N) is 1. The lowest BCUT2D eigenvalue weighted by atomic mass is 10.1. The standard InChI is InChI=1S/C13H13FN4S/c14-10-3-1-9(2-4-10)7-12-16-13-18(17-12)11(5-6-15)8-19-13/h1-4,8H,5-7,15H2. The molecule has 0 fully saturated rings. The molecule has 0 radical (unpaired) electrons. The Labute approximate surface area is 113 Å². The van der Waals surface area contributed by atoms with Gasteiger partial charge < -0.3 is 5.73 Å². The Bertz CT molecular complexity index is 686. The highest BCUT2D eigenvalue weighted by atomic mass is 32.1. The average molecular weight is 276 g/mol. The maximum Gasteiger partial charge on any atom is 0.212 e. The van der Waals surface area contributed by atoms with E-state index >= 15 is 0 Å². The number of rotatable bonds is 4. The van der Waals surface area contributed by atoms with Gasteiger partial charge in [0.05, 0.1) is 5.69 Å². The van der Waals surface area contributed by atoms with Crippen molar-refractivity contribution in [3.8, 4) is 0 Å². The second-order valence-electron chi connectivity index (χ2n) is 4.29. The maximum absolute atomic E-state index is 12.8. The normalized spacial score (nSPS) is 11.3. The summed E-state index contributed by atoms with van der Waals surface area (Å²) in [7, 11) is 0. The van der Waals surface area contributed by atoms with Crippen LogP contribution in [0.2, 0.25) is 0 Å². The predicted molar refractivity (Wildman–Crippen MR) is 72.8 cm³/mol. The molecule has 0 saturated heterocycles. The molecule has 0 unspecified atom stereocenters. The maximum atomic E-state index is 12.8. The van der Waals surface area contributed by atoms with Gasteiger partial charge in [-0.3, -0.25) is 0 Å². The van der Waals surface area contributed by atoms with Crippen LogP contribution in [0.5, 0.6) is 0 Å². The molecule has 4 nitrogen and oxygen atoms in total. The SMILES string of the molecule is NCCc1csc2nc(Cc3ccc(F)cc3)nn12. The van der Waals surface area contributed by atoms with E-state index < -0.39 is 0 Å². The summed E-state index contributed by atoms with van der Waals surface area (Å²) < 4.78 is 14.7. The molecule has 2 aromatic heterocycles. The van der Waals surface area contributed by atoms with Crippen molar-refractivity contribution in [2.24, 2.45) is 5.73 Å². The van der Waals surface area contributed by atoms with Crippen molar-refractivity contribution in [2.45, 2.75) is 12.8 Å². The van der Waals surface area contributed by atoms with Crippen molar-refractivity contribution in [2.75, 3.05) is 6.54 Å². The van der Waals surface area contributed by atoms with Crippen LogP contribution >= 0.6 is 11.3 Å². The van der Waals surface area contributed by atoms with Crippen molar-refractivity contribution in [3.05, 3.63) is 52.5 Å². The number of nitrogens with zero attached hydrogens (tertiary/aromatic N) is 3. The molecule has 2 heterocycles. The number of aromatic nitrogens is 3. The van der Waals surface area contributed by atoms with E-state index in [1.165, 1.54) is 12.1 Å². The molecule has 0 bridgehead atoms. The second-order valence-corrected chi connectivity index (χ2v) is 5.13. The quantitative estimate of drug-likeness (QED) is 0.793. The first-order chi connectivity index (χ1) is 9.26. The van der Waals surface area contributed by atoms with Gasteiger partial charge in [-0.1, -0.05) is 12.1 Å². The van der Waals surface area contributed by atoms with Gasteiger partial charge in [0.25, 0.3) is 0 Å². The van der Waals surface area contributed by atoms with Crippen LogP contribution in [0.25, 0.3) is 4.96 Å². The van der Waals surface area contributed by atoms with Gasteiger partial charge >= 0.3 is 0 Å². The van der Waals surface area contributed by atoms with Gasteiger partial charge in [-0.25, -0.2) is 13.9 Å². The van der Waals surface area contributed by atoms with E-state index in [9.17, 15) is 4.39 Å². The van der Waals surface area contributed by atoms with Gasteiger partial charge in [-0.05, 0) is 24.2 Å². The first kappa shape index (κ1) is 12.3. The van der Waals surface area contributed by atoms with Crippen molar-refractivity contribution < 1.29 is 4.39 Å². The number of halogens is 1. The minimum absolute atomic E-state index is 0.229. The lowest BCUT2D eigenvalue weighted by Gasteiger charge is -1.97. The highest BCUT2D eigenvalue weighted by Gasteiger charge is 2.09. The molecule has 6 heteroatoms. The van der Waals surface area contributed by atoms with Crippen LogP contribution in [-0.2, 0) is 12.8 Å². The van der Waals surface area contributed by atoms with E-state index in [1.807, 2.05) is 9.90 Å². The third-order valence-electron chi connectivity index (χ3n) is 2.87. The lowest BCUT2D eigenvalue weighted by molar-refractivity contribution is 0.627. The Morgan fingerprint density at radius 1 is 1.26 bits per heavy atom. The van der Waals surface area contributed by atoms with Gasteiger partial charge in [0.15, 0.2) is 5.82 Å². The predicted octanol–water partition coefficient (Wildman–Crippen LogP) is 2.02. The Hall–Kier alpha value is -1.79. The molecule has 3 rings (SSSR count). The lowest BCUT2D eigenvalue weighted by Crippen LogP contribution is -2.05. The molecule has 3 aromatic rings. The molecular formula is C13H13FN4S. The third-order valence-corrected chi connectivity index (χ3v) is 3.73. The van der Waals surface area contributed by atoms with Crippen LogP contribution in [0.3, 0.4) is 0 Å². The van der Waals surface area contributed by atoms with Crippen molar-refractivity contribution in [1.29, 1.82) is 0 Å². The number of benzene rings is 1. The first-order valence-corrected chi connectivity index (χ1v) is 6.91. The largest absolute Gasteiger partial charge is 0.330 e. The van der Waals surface area contributed by atoms with Crippen LogP contribution < -0.4 is 5.73 Å². The minimum atomic E-state index is -0.229. The van der Waals surface area contributed by atoms with Gasteiger partial charge in [0.2, 0.25) is 4.96 Å². The minimum Gasteiger partial charge on any atom is -0.330 e. The fraction of sp³-hybridized carbons (Fsp3) is 0.231. The molecule has 0 aliphatic rings. The molecule has 1 aromatic carbocycles. The Balaban J connectivity index is 1.87. The molecule has 0 saturated carbocycles. The molecule has 0 aliphatic carbocycles. The van der Waals surface area contributed by atoms with E-state index in [0.29, 0.717) is 13.0 Å². The third kappa shape index (κ3) is 2.50. The van der Waals surface area contributed by atoms with E-state index in [-0.39, 0.29) is 5.82 Å². The summed E-state index contributed by atoms with van der Waals surface area (Å²) in [6.07, 6.45) is 1.40. The van der Waals surface area contributed by atoms with E-state index in [0.717, 1.165) is 28.5 Å². The molecule has 0 amide bonds. The zero-order valence-electron chi connectivity index (χ0n) is 10.2. The van der Waals surface area contributed by atoms with Crippen LogP contribution in [0.15, 0.2) is 29.6 Å². The molecule has 0 spiro atoms. The Morgan fingerprint density at radius 3 is 2.79 bits per heavy atom. The summed E-state index contributed by atoms with van der Waals surface area (Å²) in [4.78, 5) is 5.34. The summed E-state index contributed by atoms with van der Waals surface area (Å²) in [5, 5.41) is 6.51. The fourth-order valence-corrected chi connectivity index (χ4v) is 2.82. The summed E-state index contributed by atoms with van der Waals surface area (Å²) in [5.74, 6) is 0.518. The molecule has 0 atom stereocenters. The average Bonchev–Trinajstić information content (AvgIpc) is 2.94. The number of hydrogen-bond acceptors (Lipinski definition) is 4. The second kappa shape index (κ2) is 5.07. The fourth-order valence-electron chi connectivity index (χ4n) is 1.94. The van der Waals surface area contributed by atoms with E-state index in [2.05, 4.69) is 10.1 Å². The van der Waals surface area contributed by atoms with E-state index in [1.54, 1.807) is 23.5 Å². The molecular weight excluding hydrogens is 263 g/mol. The van der Waals surface area contributed by atoms with Crippen molar-refractivity contribution >= 4 is 16.3 Å². The zero-order chi connectivity index (χ0) is 13.2. The van der Waals surface area contributed by atoms with Crippen molar-refractivity contribution in [3.63, 3.8) is 0 Å². The van der Waals surface area contributed by atoms with Gasteiger partial charge in [0, 0.05) is 18.2 Å². The molecule has 2 N–H and O–H groups in total. The van der Waals surface area contributed by atoms with Gasteiger partial charge in [0.1, 0.15) is 5.82 Å². The monoisotopic (exact) mass is 276 g/mol. The molecule has 0 aliphatic heterocycles. The van der Waals surface area contributed by atoms with Crippen LogP contribution in [0, 0.1) is 5.82 Å². The first-order valence-electron chi connectivity index (χ1n) is 6.03. The topological polar surface area (TPSA) is 56.2 Å². The Morgan fingerprint density at radius 2 is 2.05 bits per heavy atom. The summed E-state index contributed by atoms with van der Waals surface area (Å²) in [6, 6.07) is 6.41. The zero-order valence-corrected chi connectivity index (χ0v) is 11.0. The van der Waals surface area contributed by atoms with Crippen LogP contribution in [0.4, 0.5) is 4.39 Å². The highest BCUT2D eigenvalue weighted by Crippen LogP contribution is 2.16. The smallest absolute Gasteiger partial charge is 0.212 e. The summed E-state index contributed by atoms with van der Waals surface area (Å²) >= 11 is 1.56. The van der Waals surface area contributed by atoms with E-state index in [4.69, 9.17) is 5.73 Å².